The summed E-state index contributed by atoms with van der Waals surface area (Å²) in [5.74, 6) is 3.58. The van der Waals surface area contributed by atoms with E-state index >= 15 is 0 Å². The Morgan fingerprint density at radius 2 is 1.71 bits per heavy atom. The highest BCUT2D eigenvalue weighted by Crippen LogP contribution is 2.56. The number of nitrogens with two attached hydrogens (primary N) is 1. The lowest BCUT2D eigenvalue weighted by atomic mass is 9.51. The van der Waals surface area contributed by atoms with Gasteiger partial charge in [-0.15, -0.1) is 0 Å². The van der Waals surface area contributed by atoms with E-state index in [2.05, 4.69) is 5.32 Å². The first-order chi connectivity index (χ1) is 10.1. The van der Waals surface area contributed by atoms with E-state index in [1.54, 1.807) is 0 Å². The van der Waals surface area contributed by atoms with E-state index in [9.17, 15) is 4.79 Å². The Labute approximate surface area is 126 Å². The van der Waals surface area contributed by atoms with Crippen molar-refractivity contribution in [1.29, 1.82) is 0 Å². The molecule has 1 aromatic rings. The van der Waals surface area contributed by atoms with E-state index in [0.29, 0.717) is 11.8 Å². The standard InChI is InChI=1S/C18H24N2O/c1-10-4-15(19)2-3-16(10)20-18(21)17-13-6-11-5-12(8-13)9-14(17)7-11/h2-4,11-14,17H,5-9,19H2,1H3,(H,20,21). The van der Waals surface area contributed by atoms with E-state index in [-0.39, 0.29) is 11.8 Å². The fourth-order valence-corrected chi connectivity index (χ4v) is 5.40. The molecular weight excluding hydrogens is 260 g/mol. The lowest BCUT2D eigenvalue weighted by Crippen LogP contribution is -2.49. The minimum atomic E-state index is 0.245. The van der Waals surface area contributed by atoms with E-state index in [1.807, 2.05) is 25.1 Å². The van der Waals surface area contributed by atoms with Gasteiger partial charge in [0.2, 0.25) is 5.91 Å². The zero-order chi connectivity index (χ0) is 14.6. The molecule has 4 saturated carbocycles. The average Bonchev–Trinajstić information content (AvgIpc) is 2.40. The number of amides is 1. The van der Waals surface area contributed by atoms with Crippen molar-refractivity contribution in [2.75, 3.05) is 11.1 Å². The number of benzene rings is 1. The van der Waals surface area contributed by atoms with Crippen LogP contribution in [0.1, 0.15) is 37.7 Å². The van der Waals surface area contributed by atoms with Crippen LogP contribution in [0.2, 0.25) is 0 Å². The Bertz CT molecular complexity index is 553. The Balaban J connectivity index is 1.52. The number of aryl methyl sites for hydroxylation is 1. The maximum atomic E-state index is 12.8. The van der Waals surface area contributed by atoms with E-state index in [1.165, 1.54) is 32.1 Å². The number of carbonyl (C=O) groups is 1. The minimum absolute atomic E-state index is 0.245. The second-order valence-electron chi connectivity index (χ2n) is 7.52. The highest BCUT2D eigenvalue weighted by molar-refractivity contribution is 5.94. The molecule has 0 atom stereocenters. The maximum absolute atomic E-state index is 12.8. The first kappa shape index (κ1) is 13.2. The van der Waals surface area contributed by atoms with E-state index < -0.39 is 0 Å². The molecule has 5 rings (SSSR count). The van der Waals surface area contributed by atoms with Crippen LogP contribution in [0.5, 0.6) is 0 Å². The molecule has 4 fully saturated rings. The summed E-state index contributed by atoms with van der Waals surface area (Å²) in [5.41, 5.74) is 8.50. The monoisotopic (exact) mass is 284 g/mol. The third-order valence-electron chi connectivity index (χ3n) is 6.04. The van der Waals surface area contributed by atoms with Gasteiger partial charge < -0.3 is 11.1 Å². The van der Waals surface area contributed by atoms with Gasteiger partial charge in [0.05, 0.1) is 0 Å². The third kappa shape index (κ3) is 2.23. The van der Waals surface area contributed by atoms with Gasteiger partial charge in [-0.25, -0.2) is 0 Å². The number of nitrogens with one attached hydrogen (secondary N) is 1. The quantitative estimate of drug-likeness (QED) is 0.815. The van der Waals surface area contributed by atoms with Crippen LogP contribution in [0.25, 0.3) is 0 Å². The minimum Gasteiger partial charge on any atom is -0.399 e. The van der Waals surface area contributed by atoms with Gasteiger partial charge in [0.15, 0.2) is 0 Å². The second-order valence-corrected chi connectivity index (χ2v) is 7.52. The summed E-state index contributed by atoms with van der Waals surface area (Å²) in [7, 11) is 0. The summed E-state index contributed by atoms with van der Waals surface area (Å²) in [6.45, 7) is 2.00. The lowest BCUT2D eigenvalue weighted by Gasteiger charge is -2.53. The molecule has 21 heavy (non-hydrogen) atoms. The van der Waals surface area contributed by atoms with Gasteiger partial charge in [0.25, 0.3) is 0 Å². The van der Waals surface area contributed by atoms with E-state index in [4.69, 9.17) is 5.73 Å². The molecule has 0 aromatic heterocycles. The number of nitrogen functional groups attached to an aromatic ring is 1. The molecule has 0 saturated heterocycles. The fraction of sp³-hybridized carbons (Fsp3) is 0.611. The van der Waals surface area contributed by atoms with Gasteiger partial charge in [-0.2, -0.15) is 0 Å². The van der Waals surface area contributed by atoms with Crippen LogP contribution in [0.15, 0.2) is 18.2 Å². The van der Waals surface area contributed by atoms with Crippen molar-refractivity contribution in [2.24, 2.45) is 29.6 Å². The largest absolute Gasteiger partial charge is 0.399 e. The molecule has 0 radical (unpaired) electrons. The normalized spacial score (nSPS) is 36.7. The van der Waals surface area contributed by atoms with Crippen LogP contribution in [-0.2, 0) is 4.79 Å². The molecule has 1 aromatic carbocycles. The molecule has 4 aliphatic carbocycles. The van der Waals surface area contributed by atoms with Crippen molar-refractivity contribution in [3.63, 3.8) is 0 Å². The summed E-state index contributed by atoms with van der Waals surface area (Å²) in [5, 5.41) is 3.17. The smallest absolute Gasteiger partial charge is 0.228 e. The average molecular weight is 284 g/mol. The molecule has 0 unspecified atom stereocenters. The predicted octanol–water partition coefficient (Wildman–Crippen LogP) is 3.59. The number of hydrogen-bond donors (Lipinski definition) is 2. The summed E-state index contributed by atoms with van der Waals surface area (Å²) in [6.07, 6.45) is 6.56. The van der Waals surface area contributed by atoms with Crippen LogP contribution < -0.4 is 11.1 Å². The molecule has 0 aliphatic heterocycles. The van der Waals surface area contributed by atoms with Crippen molar-refractivity contribution < 1.29 is 4.79 Å². The molecular formula is C18H24N2O. The summed E-state index contributed by atoms with van der Waals surface area (Å²) < 4.78 is 0. The number of rotatable bonds is 2. The predicted molar refractivity (Wildman–Crippen MR) is 84.8 cm³/mol. The van der Waals surface area contributed by atoms with Crippen molar-refractivity contribution >= 4 is 17.3 Å². The van der Waals surface area contributed by atoms with Gasteiger partial charge in [0, 0.05) is 17.3 Å². The van der Waals surface area contributed by atoms with Gasteiger partial charge in [-0.05, 0) is 86.5 Å². The van der Waals surface area contributed by atoms with Gasteiger partial charge in [-0.3, -0.25) is 4.79 Å². The van der Waals surface area contributed by atoms with Crippen molar-refractivity contribution in [2.45, 2.75) is 39.0 Å². The van der Waals surface area contributed by atoms with Crippen molar-refractivity contribution in [3.05, 3.63) is 23.8 Å². The number of carbonyl (C=O) groups excluding carboxylic acids is 1. The molecule has 4 bridgehead atoms. The molecule has 112 valence electrons. The zero-order valence-corrected chi connectivity index (χ0v) is 12.6. The van der Waals surface area contributed by atoms with Crippen LogP contribution in [0.4, 0.5) is 11.4 Å². The van der Waals surface area contributed by atoms with Crippen LogP contribution >= 0.6 is 0 Å². The summed E-state index contributed by atoms with van der Waals surface area (Å²) in [6, 6.07) is 5.71. The summed E-state index contributed by atoms with van der Waals surface area (Å²) in [4.78, 5) is 12.8. The summed E-state index contributed by atoms with van der Waals surface area (Å²) >= 11 is 0. The molecule has 3 nitrogen and oxygen atoms in total. The number of anilines is 2. The Morgan fingerprint density at radius 1 is 1.10 bits per heavy atom. The Morgan fingerprint density at radius 3 is 2.29 bits per heavy atom. The number of hydrogen-bond acceptors (Lipinski definition) is 2. The highest BCUT2D eigenvalue weighted by atomic mass is 16.1. The second kappa shape index (κ2) is 4.75. The van der Waals surface area contributed by atoms with Crippen LogP contribution in [0.3, 0.4) is 0 Å². The van der Waals surface area contributed by atoms with Crippen molar-refractivity contribution in [1.82, 2.24) is 0 Å². The molecule has 0 heterocycles. The Hall–Kier alpha value is -1.51. The topological polar surface area (TPSA) is 55.1 Å². The fourth-order valence-electron chi connectivity index (χ4n) is 5.40. The van der Waals surface area contributed by atoms with Crippen LogP contribution in [0, 0.1) is 36.5 Å². The maximum Gasteiger partial charge on any atom is 0.228 e. The molecule has 0 spiro atoms. The molecule has 3 heteroatoms. The zero-order valence-electron chi connectivity index (χ0n) is 12.6. The van der Waals surface area contributed by atoms with E-state index in [0.717, 1.165) is 28.8 Å². The molecule has 3 N–H and O–H groups in total. The van der Waals surface area contributed by atoms with Crippen molar-refractivity contribution in [3.8, 4) is 0 Å². The molecule has 4 aliphatic rings. The van der Waals surface area contributed by atoms with Gasteiger partial charge in [0.1, 0.15) is 0 Å². The SMILES string of the molecule is Cc1cc(N)ccc1NC(=O)C1C2CC3CC(C2)CC1C3. The first-order valence-electron chi connectivity index (χ1n) is 8.27. The highest BCUT2D eigenvalue weighted by Gasteiger charge is 2.50. The van der Waals surface area contributed by atoms with Gasteiger partial charge in [-0.1, -0.05) is 0 Å². The van der Waals surface area contributed by atoms with Gasteiger partial charge >= 0.3 is 0 Å². The first-order valence-corrected chi connectivity index (χ1v) is 8.27. The van der Waals surface area contributed by atoms with Crippen LogP contribution in [-0.4, -0.2) is 5.91 Å². The molecule has 1 amide bonds. The third-order valence-corrected chi connectivity index (χ3v) is 6.04. The lowest BCUT2D eigenvalue weighted by molar-refractivity contribution is -0.132. The Kier molecular flexibility index (Phi) is 2.98.